The Hall–Kier alpha value is -1.46. The molecule has 0 radical (unpaired) electrons. The lowest BCUT2D eigenvalue weighted by Crippen LogP contribution is -2.32. The van der Waals surface area contributed by atoms with Crippen molar-refractivity contribution in [3.05, 3.63) is 41.4 Å². The molecular weight excluding hydrogens is 256 g/mol. The summed E-state index contributed by atoms with van der Waals surface area (Å²) < 4.78 is 4.63. The molecule has 1 aromatic carbocycles. The lowest BCUT2D eigenvalue weighted by atomic mass is 10.1. The summed E-state index contributed by atoms with van der Waals surface area (Å²) in [6, 6.07) is 10.1. The van der Waals surface area contributed by atoms with Gasteiger partial charge in [0.2, 0.25) is 4.77 Å². The van der Waals surface area contributed by atoms with Crippen molar-refractivity contribution in [1.82, 2.24) is 19.2 Å². The van der Waals surface area contributed by atoms with E-state index >= 15 is 0 Å². The number of hydrogen-bond donors (Lipinski definition) is 0. The number of para-hydroxylation sites is 1. The molecule has 0 bridgehead atoms. The summed E-state index contributed by atoms with van der Waals surface area (Å²) in [4.78, 5) is 2.42. The molecule has 3 rings (SSSR count). The Balaban J connectivity index is 1.81. The molecule has 1 saturated heterocycles. The van der Waals surface area contributed by atoms with Gasteiger partial charge in [-0.25, -0.2) is 4.68 Å². The van der Waals surface area contributed by atoms with Gasteiger partial charge in [-0.15, -0.1) is 0 Å². The highest BCUT2D eigenvalue weighted by Gasteiger charge is 2.12. The van der Waals surface area contributed by atoms with E-state index in [2.05, 4.69) is 10.00 Å². The predicted molar refractivity (Wildman–Crippen MR) is 77.8 cm³/mol. The van der Waals surface area contributed by atoms with Crippen LogP contribution in [-0.4, -0.2) is 32.3 Å². The van der Waals surface area contributed by atoms with Gasteiger partial charge in [-0.1, -0.05) is 24.6 Å². The summed E-state index contributed by atoms with van der Waals surface area (Å²) in [5.74, 6) is 0. The van der Waals surface area contributed by atoms with Crippen molar-refractivity contribution in [2.24, 2.45) is 0 Å². The van der Waals surface area contributed by atoms with Crippen LogP contribution in [0.2, 0.25) is 0 Å². The van der Waals surface area contributed by atoms with Gasteiger partial charge < -0.3 is 0 Å². The molecule has 0 amide bonds. The number of likely N-dealkylation sites (tertiary alicyclic amines) is 1. The van der Waals surface area contributed by atoms with E-state index in [1.165, 1.54) is 19.3 Å². The first-order valence-electron chi connectivity index (χ1n) is 6.77. The van der Waals surface area contributed by atoms with Crippen LogP contribution in [0, 0.1) is 4.77 Å². The molecule has 0 N–H and O–H groups in total. The highest BCUT2D eigenvalue weighted by molar-refractivity contribution is 7.71. The molecule has 0 spiro atoms. The highest BCUT2D eigenvalue weighted by Crippen LogP contribution is 2.11. The second kappa shape index (κ2) is 5.67. The maximum Gasteiger partial charge on any atom is 0.203 e. The number of piperidine rings is 1. The molecule has 4 nitrogen and oxygen atoms in total. The van der Waals surface area contributed by atoms with Gasteiger partial charge in [0.25, 0.3) is 0 Å². The lowest BCUT2D eigenvalue weighted by Gasteiger charge is -2.25. The van der Waals surface area contributed by atoms with E-state index in [4.69, 9.17) is 12.2 Å². The van der Waals surface area contributed by atoms with E-state index in [1.807, 2.05) is 45.9 Å². The van der Waals surface area contributed by atoms with Crippen molar-refractivity contribution in [2.75, 3.05) is 13.1 Å². The molecule has 19 heavy (non-hydrogen) atoms. The molecule has 1 aliphatic rings. The van der Waals surface area contributed by atoms with Crippen LogP contribution in [0.3, 0.4) is 0 Å². The molecule has 1 fully saturated rings. The number of nitrogens with zero attached hydrogens (tertiary/aromatic N) is 4. The van der Waals surface area contributed by atoms with Crippen molar-refractivity contribution in [3.8, 4) is 5.69 Å². The largest absolute Gasteiger partial charge is 0.284 e. The number of rotatable bonds is 3. The zero-order chi connectivity index (χ0) is 13.1. The normalized spacial score (nSPS) is 16.6. The van der Waals surface area contributed by atoms with E-state index in [1.54, 1.807) is 0 Å². The van der Waals surface area contributed by atoms with Crippen LogP contribution in [0.25, 0.3) is 5.69 Å². The van der Waals surface area contributed by atoms with Crippen LogP contribution in [-0.2, 0) is 6.67 Å². The lowest BCUT2D eigenvalue weighted by molar-refractivity contribution is 0.172. The molecule has 100 valence electrons. The van der Waals surface area contributed by atoms with Crippen LogP contribution >= 0.6 is 12.2 Å². The van der Waals surface area contributed by atoms with Gasteiger partial charge in [0.1, 0.15) is 6.33 Å². The Morgan fingerprint density at radius 3 is 2.53 bits per heavy atom. The first-order valence-corrected chi connectivity index (χ1v) is 7.18. The third-order valence-electron chi connectivity index (χ3n) is 3.55. The van der Waals surface area contributed by atoms with E-state index < -0.39 is 0 Å². The Labute approximate surface area is 118 Å². The molecule has 1 aliphatic heterocycles. The second-order valence-corrected chi connectivity index (χ2v) is 5.30. The van der Waals surface area contributed by atoms with Gasteiger partial charge in [-0.2, -0.15) is 5.10 Å². The molecule has 0 saturated carbocycles. The monoisotopic (exact) mass is 274 g/mol. The summed E-state index contributed by atoms with van der Waals surface area (Å²) in [7, 11) is 0. The fraction of sp³-hybridized carbons (Fsp3) is 0.429. The Morgan fingerprint density at radius 1 is 1.05 bits per heavy atom. The van der Waals surface area contributed by atoms with Crippen LogP contribution in [0.15, 0.2) is 36.7 Å². The summed E-state index contributed by atoms with van der Waals surface area (Å²) in [6.07, 6.45) is 5.72. The number of aromatic nitrogens is 3. The molecule has 0 atom stereocenters. The average Bonchev–Trinajstić information content (AvgIpc) is 2.82. The zero-order valence-electron chi connectivity index (χ0n) is 10.9. The fourth-order valence-corrected chi connectivity index (χ4v) is 2.75. The van der Waals surface area contributed by atoms with Crippen LogP contribution in [0.5, 0.6) is 0 Å². The Morgan fingerprint density at radius 2 is 1.79 bits per heavy atom. The maximum atomic E-state index is 5.51. The number of hydrogen-bond acceptors (Lipinski definition) is 3. The number of benzene rings is 1. The van der Waals surface area contributed by atoms with E-state index in [0.29, 0.717) is 0 Å². The van der Waals surface area contributed by atoms with Gasteiger partial charge in [0, 0.05) is 5.69 Å². The zero-order valence-corrected chi connectivity index (χ0v) is 11.7. The Bertz CT molecular complexity index is 581. The van der Waals surface area contributed by atoms with Crippen molar-refractivity contribution < 1.29 is 0 Å². The fourth-order valence-electron chi connectivity index (χ4n) is 2.49. The van der Waals surface area contributed by atoms with Crippen LogP contribution in [0.1, 0.15) is 19.3 Å². The van der Waals surface area contributed by atoms with Crippen LogP contribution in [0.4, 0.5) is 0 Å². The standard InChI is InChI=1S/C14H18N4S/c19-14-17(13-7-3-1-4-8-13)11-15-18(14)12-16-9-5-2-6-10-16/h1,3-4,7-8,11H,2,5-6,9-10,12H2. The minimum absolute atomic E-state index is 0.761. The smallest absolute Gasteiger partial charge is 0.203 e. The molecule has 2 heterocycles. The summed E-state index contributed by atoms with van der Waals surface area (Å²) in [6.45, 7) is 3.11. The van der Waals surface area contributed by atoms with Crippen molar-refractivity contribution in [2.45, 2.75) is 25.9 Å². The SMILES string of the molecule is S=c1n(-c2ccccc2)cnn1CN1CCCCC1. The van der Waals surface area contributed by atoms with Gasteiger partial charge in [0.15, 0.2) is 0 Å². The molecule has 1 aromatic heterocycles. The molecule has 2 aromatic rings. The maximum absolute atomic E-state index is 5.51. The third-order valence-corrected chi connectivity index (χ3v) is 3.96. The summed E-state index contributed by atoms with van der Waals surface area (Å²) >= 11 is 5.51. The topological polar surface area (TPSA) is 26.0 Å². The van der Waals surface area contributed by atoms with Gasteiger partial charge >= 0.3 is 0 Å². The van der Waals surface area contributed by atoms with Gasteiger partial charge in [-0.05, 0) is 50.3 Å². The van der Waals surface area contributed by atoms with Gasteiger partial charge in [-0.3, -0.25) is 9.47 Å². The highest BCUT2D eigenvalue weighted by atomic mass is 32.1. The molecule has 5 heteroatoms. The minimum Gasteiger partial charge on any atom is -0.284 e. The van der Waals surface area contributed by atoms with E-state index in [0.717, 1.165) is 30.2 Å². The first-order chi connectivity index (χ1) is 9.34. The first kappa shape index (κ1) is 12.6. The van der Waals surface area contributed by atoms with Gasteiger partial charge in [0.05, 0.1) is 6.67 Å². The quantitative estimate of drug-likeness (QED) is 0.805. The second-order valence-electron chi connectivity index (χ2n) is 4.94. The molecular formula is C14H18N4S. The van der Waals surface area contributed by atoms with E-state index in [9.17, 15) is 0 Å². The molecule has 0 unspecified atom stereocenters. The third kappa shape index (κ3) is 2.77. The van der Waals surface area contributed by atoms with E-state index in [-0.39, 0.29) is 0 Å². The minimum atomic E-state index is 0.761. The predicted octanol–water partition coefficient (Wildman–Crippen LogP) is 2.85. The Kier molecular flexibility index (Phi) is 3.75. The van der Waals surface area contributed by atoms with Crippen molar-refractivity contribution in [3.63, 3.8) is 0 Å². The average molecular weight is 274 g/mol. The summed E-state index contributed by atoms with van der Waals surface area (Å²) in [5.41, 5.74) is 1.07. The van der Waals surface area contributed by atoms with Crippen LogP contribution < -0.4 is 0 Å². The summed E-state index contributed by atoms with van der Waals surface area (Å²) in [5, 5.41) is 4.42. The van der Waals surface area contributed by atoms with Crippen molar-refractivity contribution in [1.29, 1.82) is 0 Å². The molecule has 0 aliphatic carbocycles. The van der Waals surface area contributed by atoms with Crippen molar-refractivity contribution >= 4 is 12.2 Å².